The molecular formula is C19H25N5O2. The highest BCUT2D eigenvalue weighted by Crippen LogP contribution is 2.37. The monoisotopic (exact) mass is 355 g/mol. The van der Waals surface area contributed by atoms with E-state index in [1.807, 2.05) is 15.6 Å². The van der Waals surface area contributed by atoms with Crippen molar-refractivity contribution in [3.63, 3.8) is 0 Å². The van der Waals surface area contributed by atoms with Crippen LogP contribution in [0.2, 0.25) is 0 Å². The summed E-state index contributed by atoms with van der Waals surface area (Å²) < 4.78 is 1.97. The molecule has 2 aromatic heterocycles. The van der Waals surface area contributed by atoms with Crippen LogP contribution in [0.25, 0.3) is 0 Å². The third kappa shape index (κ3) is 2.57. The predicted octanol–water partition coefficient (Wildman–Crippen LogP) is 1.97. The van der Waals surface area contributed by atoms with Crippen molar-refractivity contribution in [3.05, 3.63) is 34.4 Å². The van der Waals surface area contributed by atoms with Crippen LogP contribution in [-0.2, 0) is 25.9 Å². The molecule has 7 heteroatoms. The number of carbonyl (C=O) groups excluding carboxylic acids is 1. The lowest BCUT2D eigenvalue weighted by Gasteiger charge is -2.29. The standard InChI is InChI=1S/C19H25N5O2/c25-18(12-4-1-5-12)16-10-13-11-23(8-3-9-24(13)22-16)19(26)17-14-6-2-7-15(14)20-21-17/h10,12,18,25H,1-9,11H2,(H,20,21). The number of nitrogens with zero attached hydrogens (tertiary/aromatic N) is 4. The van der Waals surface area contributed by atoms with E-state index in [1.54, 1.807) is 0 Å². The van der Waals surface area contributed by atoms with Crippen LogP contribution in [0, 0.1) is 5.92 Å². The second-order valence-electron chi connectivity index (χ2n) is 7.88. The van der Waals surface area contributed by atoms with E-state index in [9.17, 15) is 9.90 Å². The van der Waals surface area contributed by atoms with Crippen molar-refractivity contribution in [2.75, 3.05) is 6.54 Å². The number of amides is 1. The third-order valence-electron chi connectivity index (χ3n) is 6.23. The highest BCUT2D eigenvalue weighted by atomic mass is 16.3. The van der Waals surface area contributed by atoms with E-state index >= 15 is 0 Å². The van der Waals surface area contributed by atoms with E-state index in [-0.39, 0.29) is 5.91 Å². The number of carbonyl (C=O) groups is 1. The summed E-state index contributed by atoms with van der Waals surface area (Å²) in [6, 6.07) is 1.99. The van der Waals surface area contributed by atoms with Gasteiger partial charge in [-0.15, -0.1) is 0 Å². The molecule has 2 N–H and O–H groups in total. The highest BCUT2D eigenvalue weighted by molar-refractivity contribution is 5.94. The van der Waals surface area contributed by atoms with Crippen molar-refractivity contribution in [1.82, 2.24) is 24.9 Å². The Labute approximate surface area is 152 Å². The normalized spacial score (nSPS) is 21.0. The van der Waals surface area contributed by atoms with Crippen molar-refractivity contribution in [2.45, 2.75) is 64.1 Å². The van der Waals surface area contributed by atoms with E-state index < -0.39 is 6.10 Å². The van der Waals surface area contributed by atoms with Crippen molar-refractivity contribution in [3.8, 4) is 0 Å². The zero-order valence-corrected chi connectivity index (χ0v) is 14.9. The summed E-state index contributed by atoms with van der Waals surface area (Å²) in [5.74, 6) is 0.360. The minimum atomic E-state index is -0.470. The number of H-pyrrole nitrogens is 1. The van der Waals surface area contributed by atoms with E-state index in [0.29, 0.717) is 24.7 Å². The second kappa shape index (κ2) is 6.23. The first-order valence-corrected chi connectivity index (χ1v) is 9.81. The van der Waals surface area contributed by atoms with Crippen molar-refractivity contribution < 1.29 is 9.90 Å². The lowest BCUT2D eigenvalue weighted by Crippen LogP contribution is -2.31. The number of hydrogen-bond acceptors (Lipinski definition) is 4. The zero-order chi connectivity index (χ0) is 17.7. The van der Waals surface area contributed by atoms with Gasteiger partial charge >= 0.3 is 0 Å². The Balaban J connectivity index is 1.37. The summed E-state index contributed by atoms with van der Waals surface area (Å²) in [7, 11) is 0. The molecule has 2 aromatic rings. The van der Waals surface area contributed by atoms with Gasteiger partial charge < -0.3 is 10.0 Å². The summed E-state index contributed by atoms with van der Waals surface area (Å²) in [5, 5.41) is 22.5. The summed E-state index contributed by atoms with van der Waals surface area (Å²) in [6.07, 6.45) is 6.79. The molecule has 3 aliphatic rings. The molecule has 1 aliphatic heterocycles. The first-order valence-electron chi connectivity index (χ1n) is 9.81. The molecule has 1 saturated carbocycles. The van der Waals surface area contributed by atoms with Crippen LogP contribution in [0.15, 0.2) is 6.07 Å². The Hall–Kier alpha value is -2.15. The minimum absolute atomic E-state index is 0.0140. The number of aromatic nitrogens is 4. The van der Waals surface area contributed by atoms with Gasteiger partial charge in [0.1, 0.15) is 6.10 Å². The number of nitrogens with one attached hydrogen (secondary N) is 1. The molecule has 0 radical (unpaired) electrons. The molecule has 2 aliphatic carbocycles. The van der Waals surface area contributed by atoms with Crippen LogP contribution >= 0.6 is 0 Å². The third-order valence-corrected chi connectivity index (χ3v) is 6.23. The van der Waals surface area contributed by atoms with Gasteiger partial charge in [0, 0.05) is 24.3 Å². The van der Waals surface area contributed by atoms with E-state index in [1.165, 1.54) is 6.42 Å². The molecule has 7 nitrogen and oxygen atoms in total. The molecule has 138 valence electrons. The molecule has 0 spiro atoms. The lowest BCUT2D eigenvalue weighted by atomic mass is 9.80. The average Bonchev–Trinajstić information content (AvgIpc) is 3.25. The fraction of sp³-hybridized carbons (Fsp3) is 0.632. The molecule has 3 heterocycles. The summed E-state index contributed by atoms with van der Waals surface area (Å²) >= 11 is 0. The van der Waals surface area contributed by atoms with Gasteiger partial charge in [-0.3, -0.25) is 14.6 Å². The largest absolute Gasteiger partial charge is 0.386 e. The SMILES string of the molecule is O=C(c1n[nH]c2c1CCC2)N1CCCn2nc(C(O)C3CCC3)cc2C1. The smallest absolute Gasteiger partial charge is 0.274 e. The van der Waals surface area contributed by atoms with Gasteiger partial charge in [0.2, 0.25) is 0 Å². The summed E-state index contributed by atoms with van der Waals surface area (Å²) in [4.78, 5) is 14.9. The van der Waals surface area contributed by atoms with Gasteiger partial charge in [0.25, 0.3) is 5.91 Å². The molecular weight excluding hydrogens is 330 g/mol. The van der Waals surface area contributed by atoms with Crippen LogP contribution < -0.4 is 0 Å². The van der Waals surface area contributed by atoms with Crippen LogP contribution in [0.5, 0.6) is 0 Å². The Morgan fingerprint density at radius 2 is 2.12 bits per heavy atom. The number of hydrogen-bond donors (Lipinski definition) is 2. The molecule has 0 saturated heterocycles. The quantitative estimate of drug-likeness (QED) is 0.881. The Morgan fingerprint density at radius 3 is 2.92 bits per heavy atom. The molecule has 26 heavy (non-hydrogen) atoms. The number of aliphatic hydroxyl groups is 1. The number of aryl methyl sites for hydroxylation is 2. The number of rotatable bonds is 3. The molecule has 0 aromatic carbocycles. The van der Waals surface area contributed by atoms with Gasteiger partial charge in [-0.05, 0) is 50.5 Å². The first-order chi connectivity index (χ1) is 12.7. The van der Waals surface area contributed by atoms with Crippen LogP contribution in [0.3, 0.4) is 0 Å². The van der Waals surface area contributed by atoms with Gasteiger partial charge in [0.15, 0.2) is 5.69 Å². The Kier molecular flexibility index (Phi) is 3.85. The van der Waals surface area contributed by atoms with E-state index in [0.717, 1.165) is 67.7 Å². The lowest BCUT2D eigenvalue weighted by molar-refractivity contribution is 0.0580. The fourth-order valence-electron chi connectivity index (χ4n) is 4.45. The minimum Gasteiger partial charge on any atom is -0.386 e. The van der Waals surface area contributed by atoms with Crippen LogP contribution in [0.1, 0.15) is 71.3 Å². The van der Waals surface area contributed by atoms with Gasteiger partial charge in [0.05, 0.1) is 17.9 Å². The van der Waals surface area contributed by atoms with Crippen molar-refractivity contribution in [2.24, 2.45) is 5.92 Å². The Morgan fingerprint density at radius 1 is 1.23 bits per heavy atom. The highest BCUT2D eigenvalue weighted by Gasteiger charge is 2.31. The maximum atomic E-state index is 13.1. The number of aromatic amines is 1. The summed E-state index contributed by atoms with van der Waals surface area (Å²) in [6.45, 7) is 2.03. The maximum absolute atomic E-state index is 13.1. The first kappa shape index (κ1) is 16.1. The molecule has 1 amide bonds. The number of aliphatic hydroxyl groups excluding tert-OH is 1. The Bertz CT molecular complexity index is 835. The molecule has 5 rings (SSSR count). The molecule has 0 bridgehead atoms. The van der Waals surface area contributed by atoms with Gasteiger partial charge in [-0.1, -0.05) is 6.42 Å². The topological polar surface area (TPSA) is 87.0 Å². The second-order valence-corrected chi connectivity index (χ2v) is 7.88. The van der Waals surface area contributed by atoms with Crippen molar-refractivity contribution in [1.29, 1.82) is 0 Å². The molecule has 1 unspecified atom stereocenters. The van der Waals surface area contributed by atoms with Crippen LogP contribution in [0.4, 0.5) is 0 Å². The maximum Gasteiger partial charge on any atom is 0.274 e. The van der Waals surface area contributed by atoms with Crippen molar-refractivity contribution >= 4 is 5.91 Å². The summed E-state index contributed by atoms with van der Waals surface area (Å²) in [5.41, 5.74) is 4.60. The fourth-order valence-corrected chi connectivity index (χ4v) is 4.45. The van der Waals surface area contributed by atoms with Gasteiger partial charge in [-0.2, -0.15) is 10.2 Å². The number of fused-ring (bicyclic) bond motifs is 2. The molecule has 1 fully saturated rings. The zero-order valence-electron chi connectivity index (χ0n) is 14.9. The predicted molar refractivity (Wildman–Crippen MR) is 94.5 cm³/mol. The van der Waals surface area contributed by atoms with E-state index in [2.05, 4.69) is 15.3 Å². The average molecular weight is 355 g/mol. The van der Waals surface area contributed by atoms with Gasteiger partial charge in [-0.25, -0.2) is 0 Å². The van der Waals surface area contributed by atoms with Crippen LogP contribution in [-0.4, -0.2) is 42.4 Å². The molecule has 1 atom stereocenters. The van der Waals surface area contributed by atoms with E-state index in [4.69, 9.17) is 0 Å².